The summed E-state index contributed by atoms with van der Waals surface area (Å²) in [5.74, 6) is 1.49. The average Bonchev–Trinajstić information content (AvgIpc) is 2.83. The van der Waals surface area contributed by atoms with Gasteiger partial charge in [-0.1, -0.05) is 6.07 Å². The number of amides is 2. The largest absolute Gasteiger partial charge is 0.493 e. The molecule has 2 aliphatic heterocycles. The van der Waals surface area contributed by atoms with Gasteiger partial charge in [0.2, 0.25) is 5.91 Å². The van der Waals surface area contributed by atoms with Crippen LogP contribution in [0.1, 0.15) is 31.2 Å². The molecule has 0 unspecified atom stereocenters. The van der Waals surface area contributed by atoms with Crippen LogP contribution in [-0.2, 0) is 16.0 Å². The lowest BCUT2D eigenvalue weighted by molar-refractivity contribution is -0.131. The van der Waals surface area contributed by atoms with E-state index in [1.54, 1.807) is 26.2 Å². The van der Waals surface area contributed by atoms with Gasteiger partial charge in [0.1, 0.15) is 5.60 Å². The van der Waals surface area contributed by atoms with Crippen LogP contribution in [-0.4, -0.2) is 68.3 Å². The highest BCUT2D eigenvalue weighted by Gasteiger charge is 2.44. The number of methoxy groups -OCH3 is 2. The number of rotatable bonds is 5. The van der Waals surface area contributed by atoms with Crippen LogP contribution in [0.3, 0.4) is 0 Å². The molecule has 1 aromatic rings. The first-order valence-electron chi connectivity index (χ1n) is 9.39. The number of nitrogens with zero attached hydrogens (tertiary/aromatic N) is 2. The molecular formula is C20H28N2O5. The lowest BCUT2D eigenvalue weighted by atomic mass is 9.95. The molecule has 0 aliphatic carbocycles. The number of likely N-dealkylation sites (N-methyl/N-ethyl adjacent to an activating group) is 1. The lowest BCUT2D eigenvalue weighted by Crippen LogP contribution is -2.36. The van der Waals surface area contributed by atoms with Crippen molar-refractivity contribution < 1.29 is 23.8 Å². The SMILES string of the molecule is COc1ccc(CCC(=O)N2CCC[C@@]3(CC2)CN(C)C(=O)O3)cc1OC. The molecule has 2 saturated heterocycles. The number of likely N-dealkylation sites (tertiary alicyclic amines) is 1. The van der Waals surface area contributed by atoms with Crippen LogP contribution in [0.15, 0.2) is 18.2 Å². The highest BCUT2D eigenvalue weighted by Crippen LogP contribution is 2.33. The van der Waals surface area contributed by atoms with Gasteiger partial charge in [0.05, 0.1) is 20.8 Å². The van der Waals surface area contributed by atoms with Crippen molar-refractivity contribution in [2.24, 2.45) is 0 Å². The van der Waals surface area contributed by atoms with Crippen molar-refractivity contribution in [1.29, 1.82) is 0 Å². The van der Waals surface area contributed by atoms with Gasteiger partial charge in [-0.25, -0.2) is 4.79 Å². The fourth-order valence-corrected chi connectivity index (χ4v) is 3.91. The summed E-state index contributed by atoms with van der Waals surface area (Å²) in [5.41, 5.74) is 0.614. The monoisotopic (exact) mass is 376 g/mol. The van der Waals surface area contributed by atoms with Gasteiger partial charge in [0, 0.05) is 33.0 Å². The second kappa shape index (κ2) is 8.06. The van der Waals surface area contributed by atoms with Crippen LogP contribution in [0, 0.1) is 0 Å². The molecule has 7 nitrogen and oxygen atoms in total. The Morgan fingerprint density at radius 3 is 2.63 bits per heavy atom. The van der Waals surface area contributed by atoms with Gasteiger partial charge in [0.15, 0.2) is 11.5 Å². The van der Waals surface area contributed by atoms with E-state index in [2.05, 4.69) is 0 Å². The predicted molar refractivity (Wildman–Crippen MR) is 100 cm³/mol. The molecule has 0 radical (unpaired) electrons. The summed E-state index contributed by atoms with van der Waals surface area (Å²) in [4.78, 5) is 27.9. The van der Waals surface area contributed by atoms with Gasteiger partial charge in [-0.15, -0.1) is 0 Å². The molecule has 148 valence electrons. The van der Waals surface area contributed by atoms with Crippen molar-refractivity contribution >= 4 is 12.0 Å². The van der Waals surface area contributed by atoms with Gasteiger partial charge in [-0.2, -0.15) is 0 Å². The van der Waals surface area contributed by atoms with Gasteiger partial charge in [-0.05, 0) is 37.0 Å². The minimum atomic E-state index is -0.426. The van der Waals surface area contributed by atoms with E-state index < -0.39 is 5.60 Å². The first kappa shape index (κ1) is 19.3. The Kier molecular flexibility index (Phi) is 5.77. The van der Waals surface area contributed by atoms with Crippen molar-refractivity contribution in [3.05, 3.63) is 23.8 Å². The maximum Gasteiger partial charge on any atom is 0.410 e. The molecule has 2 heterocycles. The Labute approximate surface area is 160 Å². The molecule has 0 saturated carbocycles. The van der Waals surface area contributed by atoms with Crippen molar-refractivity contribution in [3.8, 4) is 11.5 Å². The van der Waals surface area contributed by atoms with E-state index in [0.717, 1.165) is 18.4 Å². The summed E-state index contributed by atoms with van der Waals surface area (Å²) in [6.07, 6.45) is 3.20. The summed E-state index contributed by atoms with van der Waals surface area (Å²) in [5, 5.41) is 0. The standard InChI is InChI=1S/C20H28N2O5/c1-21-14-20(27-19(21)24)9-4-11-22(12-10-20)18(23)8-6-15-5-7-16(25-2)17(13-15)26-3/h5,7,13H,4,6,8-12,14H2,1-3H3/t20-/m1/s1. The van der Waals surface area contributed by atoms with E-state index in [-0.39, 0.29) is 12.0 Å². The molecule has 0 N–H and O–H groups in total. The number of carbonyl (C=O) groups is 2. The summed E-state index contributed by atoms with van der Waals surface area (Å²) < 4.78 is 16.2. The van der Waals surface area contributed by atoms with Crippen LogP contribution in [0.2, 0.25) is 0 Å². The topological polar surface area (TPSA) is 68.3 Å². The van der Waals surface area contributed by atoms with Crippen molar-refractivity contribution in [2.45, 2.75) is 37.7 Å². The smallest absolute Gasteiger partial charge is 0.410 e. The third-order valence-corrected chi connectivity index (χ3v) is 5.47. The molecule has 27 heavy (non-hydrogen) atoms. The second-order valence-electron chi connectivity index (χ2n) is 7.33. The Morgan fingerprint density at radius 1 is 1.19 bits per heavy atom. The fraction of sp³-hybridized carbons (Fsp3) is 0.600. The molecule has 1 spiro atoms. The van der Waals surface area contributed by atoms with Gasteiger partial charge in [-0.3, -0.25) is 4.79 Å². The van der Waals surface area contributed by atoms with E-state index >= 15 is 0 Å². The first-order chi connectivity index (χ1) is 13.0. The zero-order valence-corrected chi connectivity index (χ0v) is 16.3. The van der Waals surface area contributed by atoms with E-state index in [4.69, 9.17) is 14.2 Å². The molecule has 1 aromatic carbocycles. The molecule has 1 atom stereocenters. The number of hydrogen-bond acceptors (Lipinski definition) is 5. The van der Waals surface area contributed by atoms with Crippen LogP contribution in [0.4, 0.5) is 4.79 Å². The minimum Gasteiger partial charge on any atom is -0.493 e. The molecule has 0 aromatic heterocycles. The molecule has 7 heteroatoms. The molecule has 2 fully saturated rings. The first-order valence-corrected chi connectivity index (χ1v) is 9.39. The summed E-state index contributed by atoms with van der Waals surface area (Å²) >= 11 is 0. The maximum absolute atomic E-state index is 12.7. The highest BCUT2D eigenvalue weighted by molar-refractivity contribution is 5.76. The van der Waals surface area contributed by atoms with Gasteiger partial charge >= 0.3 is 6.09 Å². The third-order valence-electron chi connectivity index (χ3n) is 5.47. The Morgan fingerprint density at radius 2 is 1.96 bits per heavy atom. The lowest BCUT2D eigenvalue weighted by Gasteiger charge is -2.25. The summed E-state index contributed by atoms with van der Waals surface area (Å²) in [6, 6.07) is 5.73. The number of ether oxygens (including phenoxy) is 3. The van der Waals surface area contributed by atoms with Crippen molar-refractivity contribution in [1.82, 2.24) is 9.80 Å². The fourth-order valence-electron chi connectivity index (χ4n) is 3.91. The van der Waals surface area contributed by atoms with Crippen molar-refractivity contribution in [2.75, 3.05) is 40.9 Å². The van der Waals surface area contributed by atoms with Crippen molar-refractivity contribution in [3.63, 3.8) is 0 Å². The Bertz CT molecular complexity index is 708. The van der Waals surface area contributed by atoms with Crippen LogP contribution in [0.25, 0.3) is 0 Å². The average molecular weight is 376 g/mol. The summed E-state index contributed by atoms with van der Waals surface area (Å²) in [6.45, 7) is 1.96. The maximum atomic E-state index is 12.7. The Balaban J connectivity index is 1.55. The van der Waals surface area contributed by atoms with E-state index in [0.29, 0.717) is 50.4 Å². The van der Waals surface area contributed by atoms with Gasteiger partial charge in [0.25, 0.3) is 0 Å². The molecule has 3 rings (SSSR count). The van der Waals surface area contributed by atoms with Crippen LogP contribution in [0.5, 0.6) is 11.5 Å². The van der Waals surface area contributed by atoms with E-state index in [1.165, 1.54) is 0 Å². The number of hydrogen-bond donors (Lipinski definition) is 0. The van der Waals surface area contributed by atoms with Gasteiger partial charge < -0.3 is 24.0 Å². The van der Waals surface area contributed by atoms with E-state index in [1.807, 2.05) is 23.1 Å². The zero-order chi connectivity index (χ0) is 19.4. The normalized spacial score (nSPS) is 22.6. The second-order valence-corrected chi connectivity index (χ2v) is 7.33. The highest BCUT2D eigenvalue weighted by atomic mass is 16.6. The minimum absolute atomic E-state index is 0.138. The number of benzene rings is 1. The molecule has 2 aliphatic rings. The van der Waals surface area contributed by atoms with Crippen LogP contribution >= 0.6 is 0 Å². The predicted octanol–water partition coefficient (Wildman–Crippen LogP) is 2.47. The molecule has 2 amide bonds. The number of aryl methyl sites for hydroxylation is 1. The molecular weight excluding hydrogens is 348 g/mol. The number of carbonyl (C=O) groups excluding carboxylic acids is 2. The Hall–Kier alpha value is -2.44. The van der Waals surface area contributed by atoms with Crippen LogP contribution < -0.4 is 9.47 Å². The van der Waals surface area contributed by atoms with E-state index in [9.17, 15) is 9.59 Å². The third kappa shape index (κ3) is 4.28. The molecule has 0 bridgehead atoms. The quantitative estimate of drug-likeness (QED) is 0.790. The zero-order valence-electron chi connectivity index (χ0n) is 16.3. The summed E-state index contributed by atoms with van der Waals surface area (Å²) in [7, 11) is 4.97.